The monoisotopic (exact) mass is 274 g/mol. The summed E-state index contributed by atoms with van der Waals surface area (Å²) >= 11 is 1.72. The Kier molecular flexibility index (Phi) is 4.63. The second-order valence-corrected chi connectivity index (χ2v) is 4.96. The van der Waals surface area contributed by atoms with Crippen molar-refractivity contribution >= 4 is 29.1 Å². The Hall–Kier alpha value is -1.75. The number of rotatable bonds is 5. The van der Waals surface area contributed by atoms with E-state index in [1.54, 1.807) is 18.1 Å². The number of aromatic nitrogens is 2. The lowest BCUT2D eigenvalue weighted by Gasteiger charge is -2.12. The van der Waals surface area contributed by atoms with Gasteiger partial charge < -0.3 is 10.6 Å². The average molecular weight is 274 g/mol. The molecule has 0 saturated heterocycles. The Morgan fingerprint density at radius 2 is 2.00 bits per heavy atom. The van der Waals surface area contributed by atoms with E-state index in [2.05, 4.69) is 45.9 Å². The van der Waals surface area contributed by atoms with Gasteiger partial charge in [0.15, 0.2) is 0 Å². The van der Waals surface area contributed by atoms with Crippen molar-refractivity contribution in [2.75, 3.05) is 23.4 Å². The van der Waals surface area contributed by atoms with Gasteiger partial charge in [-0.25, -0.2) is 9.97 Å². The lowest BCUT2D eigenvalue weighted by molar-refractivity contribution is 1.08. The molecule has 2 rings (SSSR count). The fourth-order valence-corrected chi connectivity index (χ4v) is 2.22. The van der Waals surface area contributed by atoms with Crippen molar-refractivity contribution in [3.63, 3.8) is 0 Å². The summed E-state index contributed by atoms with van der Waals surface area (Å²) < 4.78 is 0. The highest BCUT2D eigenvalue weighted by molar-refractivity contribution is 7.98. The van der Waals surface area contributed by atoms with E-state index in [1.807, 2.05) is 19.1 Å². The molecule has 5 heteroatoms. The maximum atomic E-state index is 4.30. The third kappa shape index (κ3) is 3.38. The SMILES string of the molecule is CCNc1ncnc(Nc2cccc(SC)c2)c1C. The second kappa shape index (κ2) is 6.43. The maximum Gasteiger partial charge on any atom is 0.138 e. The van der Waals surface area contributed by atoms with Crippen LogP contribution in [0.15, 0.2) is 35.5 Å². The van der Waals surface area contributed by atoms with Crippen LogP contribution in [0.4, 0.5) is 17.3 Å². The van der Waals surface area contributed by atoms with Gasteiger partial charge >= 0.3 is 0 Å². The predicted octanol–water partition coefficient (Wildman–Crippen LogP) is 3.68. The normalized spacial score (nSPS) is 10.3. The highest BCUT2D eigenvalue weighted by Crippen LogP contribution is 2.24. The molecule has 0 aliphatic rings. The molecule has 0 spiro atoms. The van der Waals surface area contributed by atoms with Crippen LogP contribution < -0.4 is 10.6 Å². The van der Waals surface area contributed by atoms with Gasteiger partial charge in [0.25, 0.3) is 0 Å². The first kappa shape index (κ1) is 13.7. The summed E-state index contributed by atoms with van der Waals surface area (Å²) in [5.41, 5.74) is 2.06. The van der Waals surface area contributed by atoms with Gasteiger partial charge in [0, 0.05) is 22.7 Å². The molecular formula is C14H18N4S. The molecule has 4 nitrogen and oxygen atoms in total. The molecule has 1 heterocycles. The minimum atomic E-state index is 0.837. The van der Waals surface area contributed by atoms with Gasteiger partial charge in [0.1, 0.15) is 18.0 Å². The van der Waals surface area contributed by atoms with Gasteiger partial charge in [-0.2, -0.15) is 0 Å². The highest BCUT2D eigenvalue weighted by atomic mass is 32.2. The first-order valence-electron chi connectivity index (χ1n) is 6.21. The van der Waals surface area contributed by atoms with Crippen LogP contribution in [-0.2, 0) is 0 Å². The van der Waals surface area contributed by atoms with E-state index in [1.165, 1.54) is 4.90 Å². The van der Waals surface area contributed by atoms with E-state index in [-0.39, 0.29) is 0 Å². The van der Waals surface area contributed by atoms with Crippen molar-refractivity contribution in [3.8, 4) is 0 Å². The molecule has 19 heavy (non-hydrogen) atoms. The standard InChI is InChI=1S/C14H18N4S/c1-4-15-13-10(2)14(17-9-16-13)18-11-6-5-7-12(8-11)19-3/h5-9H,4H2,1-3H3,(H2,15,16,17,18). The molecule has 0 radical (unpaired) electrons. The molecule has 0 unspecified atom stereocenters. The Labute approximate surface area is 118 Å². The molecule has 0 aliphatic heterocycles. The van der Waals surface area contributed by atoms with E-state index < -0.39 is 0 Å². The summed E-state index contributed by atoms with van der Waals surface area (Å²) in [5.74, 6) is 1.71. The number of thioether (sulfide) groups is 1. The van der Waals surface area contributed by atoms with Crippen LogP contribution >= 0.6 is 11.8 Å². The smallest absolute Gasteiger partial charge is 0.138 e. The topological polar surface area (TPSA) is 49.8 Å². The van der Waals surface area contributed by atoms with Crippen LogP contribution in [0.2, 0.25) is 0 Å². The van der Waals surface area contributed by atoms with Gasteiger partial charge in [-0.3, -0.25) is 0 Å². The molecule has 0 saturated carbocycles. The molecule has 0 aliphatic carbocycles. The molecule has 0 fully saturated rings. The largest absolute Gasteiger partial charge is 0.370 e. The summed E-state index contributed by atoms with van der Waals surface area (Å²) in [7, 11) is 0. The minimum Gasteiger partial charge on any atom is -0.370 e. The molecular weight excluding hydrogens is 256 g/mol. The molecule has 100 valence electrons. The quantitative estimate of drug-likeness (QED) is 0.814. The Balaban J connectivity index is 2.25. The lowest BCUT2D eigenvalue weighted by atomic mass is 10.2. The number of hydrogen-bond acceptors (Lipinski definition) is 5. The first-order valence-corrected chi connectivity index (χ1v) is 7.43. The molecule has 1 aromatic heterocycles. The molecule has 0 atom stereocenters. The van der Waals surface area contributed by atoms with Crippen LogP contribution in [0.3, 0.4) is 0 Å². The van der Waals surface area contributed by atoms with Crippen LogP contribution in [-0.4, -0.2) is 22.8 Å². The van der Waals surface area contributed by atoms with Crippen LogP contribution in [0.1, 0.15) is 12.5 Å². The summed E-state index contributed by atoms with van der Waals surface area (Å²) in [6.07, 6.45) is 3.64. The van der Waals surface area contributed by atoms with Gasteiger partial charge in [-0.05, 0) is 38.3 Å². The van der Waals surface area contributed by atoms with E-state index in [4.69, 9.17) is 0 Å². The zero-order valence-corrected chi connectivity index (χ0v) is 12.2. The fourth-order valence-electron chi connectivity index (χ4n) is 1.76. The van der Waals surface area contributed by atoms with Crippen molar-refractivity contribution in [2.45, 2.75) is 18.7 Å². The third-order valence-corrected chi connectivity index (χ3v) is 3.49. The van der Waals surface area contributed by atoms with Gasteiger partial charge in [0.05, 0.1) is 0 Å². The van der Waals surface area contributed by atoms with Crippen molar-refractivity contribution in [1.82, 2.24) is 9.97 Å². The van der Waals surface area contributed by atoms with Gasteiger partial charge in [0.2, 0.25) is 0 Å². The minimum absolute atomic E-state index is 0.837. The number of nitrogens with one attached hydrogen (secondary N) is 2. The molecule has 0 amide bonds. The zero-order valence-electron chi connectivity index (χ0n) is 11.4. The number of benzene rings is 1. The first-order chi connectivity index (χ1) is 9.24. The molecule has 1 aromatic carbocycles. The molecule has 2 aromatic rings. The van der Waals surface area contributed by atoms with E-state index in [0.29, 0.717) is 0 Å². The van der Waals surface area contributed by atoms with Crippen molar-refractivity contribution in [3.05, 3.63) is 36.2 Å². The van der Waals surface area contributed by atoms with E-state index in [9.17, 15) is 0 Å². The number of anilines is 3. The Morgan fingerprint density at radius 1 is 1.21 bits per heavy atom. The molecule has 0 bridgehead atoms. The van der Waals surface area contributed by atoms with Gasteiger partial charge in [-0.1, -0.05) is 6.07 Å². The van der Waals surface area contributed by atoms with Crippen LogP contribution in [0.5, 0.6) is 0 Å². The third-order valence-electron chi connectivity index (χ3n) is 2.76. The summed E-state index contributed by atoms with van der Waals surface area (Å²) in [5, 5.41) is 6.57. The lowest BCUT2D eigenvalue weighted by Crippen LogP contribution is -2.05. The summed E-state index contributed by atoms with van der Waals surface area (Å²) in [6.45, 7) is 4.91. The van der Waals surface area contributed by atoms with Gasteiger partial charge in [-0.15, -0.1) is 11.8 Å². The fraction of sp³-hybridized carbons (Fsp3) is 0.286. The molecule has 2 N–H and O–H groups in total. The predicted molar refractivity (Wildman–Crippen MR) is 82.4 cm³/mol. The highest BCUT2D eigenvalue weighted by Gasteiger charge is 2.06. The van der Waals surface area contributed by atoms with Crippen molar-refractivity contribution in [2.24, 2.45) is 0 Å². The van der Waals surface area contributed by atoms with Crippen LogP contribution in [0.25, 0.3) is 0 Å². The van der Waals surface area contributed by atoms with Crippen LogP contribution in [0, 0.1) is 6.92 Å². The van der Waals surface area contributed by atoms with E-state index in [0.717, 1.165) is 29.4 Å². The summed E-state index contributed by atoms with van der Waals surface area (Å²) in [4.78, 5) is 9.77. The number of hydrogen-bond donors (Lipinski definition) is 2. The Bertz CT molecular complexity index is 557. The van der Waals surface area contributed by atoms with Crippen molar-refractivity contribution < 1.29 is 0 Å². The second-order valence-electron chi connectivity index (χ2n) is 4.08. The van der Waals surface area contributed by atoms with E-state index >= 15 is 0 Å². The number of nitrogens with zero attached hydrogens (tertiary/aromatic N) is 2. The average Bonchev–Trinajstić information content (AvgIpc) is 2.44. The maximum absolute atomic E-state index is 4.30. The zero-order chi connectivity index (χ0) is 13.7. The Morgan fingerprint density at radius 3 is 2.74 bits per heavy atom. The van der Waals surface area contributed by atoms with Crippen molar-refractivity contribution in [1.29, 1.82) is 0 Å². The summed E-state index contributed by atoms with van der Waals surface area (Å²) in [6, 6.07) is 8.27.